The number of hydrogen-bond donors (Lipinski definition) is 4. The second-order valence-corrected chi connectivity index (χ2v) is 6.65. The Kier molecular flexibility index (Phi) is 4.51. The van der Waals surface area contributed by atoms with Crippen LogP contribution in [-0.2, 0) is 4.74 Å². The maximum atomic E-state index is 13.1. The minimum absolute atomic E-state index is 0.0618. The van der Waals surface area contributed by atoms with Crippen LogP contribution in [0.15, 0.2) is 30.3 Å². The molecule has 1 amide bonds. The Labute approximate surface area is 156 Å². The van der Waals surface area contributed by atoms with Gasteiger partial charge < -0.3 is 20.5 Å². The van der Waals surface area contributed by atoms with Gasteiger partial charge in [-0.05, 0) is 37.3 Å². The first-order valence-electron chi connectivity index (χ1n) is 8.76. The molecule has 0 bridgehead atoms. The number of carbonyl (C=O) groups is 1. The number of amides is 1. The summed E-state index contributed by atoms with van der Waals surface area (Å²) in [6, 6.07) is 8.36. The number of nitrogens with zero attached hydrogens (tertiary/aromatic N) is 2. The molecule has 2 aromatic heterocycles. The SMILES string of the molecule is CO[C@H]1CNC[C@@H]1NC(=O)c1cc(-c2ccc(O)cc2)nc2[nH]nc(C)c12. The molecular formula is C19H21N5O3. The lowest BCUT2D eigenvalue weighted by atomic mass is 10.0. The van der Waals surface area contributed by atoms with Gasteiger partial charge in [-0.3, -0.25) is 9.89 Å². The van der Waals surface area contributed by atoms with Crippen LogP contribution in [0, 0.1) is 6.92 Å². The molecule has 3 heterocycles. The number of pyridine rings is 1. The van der Waals surface area contributed by atoms with Crippen LogP contribution in [0.3, 0.4) is 0 Å². The zero-order valence-corrected chi connectivity index (χ0v) is 15.1. The van der Waals surface area contributed by atoms with Crippen LogP contribution in [0.2, 0.25) is 0 Å². The number of aromatic amines is 1. The van der Waals surface area contributed by atoms with Gasteiger partial charge >= 0.3 is 0 Å². The fraction of sp³-hybridized carbons (Fsp3) is 0.316. The van der Waals surface area contributed by atoms with Gasteiger partial charge in [-0.2, -0.15) is 5.10 Å². The highest BCUT2D eigenvalue weighted by Gasteiger charge is 2.29. The van der Waals surface area contributed by atoms with E-state index in [1.165, 1.54) is 0 Å². The molecule has 1 aliphatic rings. The lowest BCUT2D eigenvalue weighted by molar-refractivity contribution is 0.0781. The van der Waals surface area contributed by atoms with Crippen molar-refractivity contribution in [2.24, 2.45) is 0 Å². The lowest BCUT2D eigenvalue weighted by Crippen LogP contribution is -2.43. The molecular weight excluding hydrogens is 346 g/mol. The number of nitrogens with one attached hydrogen (secondary N) is 3. The van der Waals surface area contributed by atoms with Crippen molar-refractivity contribution >= 4 is 16.9 Å². The Morgan fingerprint density at radius 1 is 1.30 bits per heavy atom. The summed E-state index contributed by atoms with van der Waals surface area (Å²) >= 11 is 0. The van der Waals surface area contributed by atoms with Crippen LogP contribution in [0.4, 0.5) is 0 Å². The van der Waals surface area contributed by atoms with E-state index in [9.17, 15) is 9.90 Å². The van der Waals surface area contributed by atoms with E-state index in [-0.39, 0.29) is 23.8 Å². The predicted octanol–water partition coefficient (Wildman–Crippen LogP) is 1.36. The van der Waals surface area contributed by atoms with Gasteiger partial charge in [0.2, 0.25) is 0 Å². The van der Waals surface area contributed by atoms with Crippen molar-refractivity contribution < 1.29 is 14.6 Å². The summed E-state index contributed by atoms with van der Waals surface area (Å²) in [4.78, 5) is 17.6. The molecule has 27 heavy (non-hydrogen) atoms. The summed E-state index contributed by atoms with van der Waals surface area (Å²) in [7, 11) is 1.64. The van der Waals surface area contributed by atoms with Gasteiger partial charge in [0.25, 0.3) is 5.91 Å². The van der Waals surface area contributed by atoms with E-state index in [1.54, 1.807) is 37.4 Å². The van der Waals surface area contributed by atoms with Gasteiger partial charge in [0.1, 0.15) is 5.75 Å². The van der Waals surface area contributed by atoms with Crippen molar-refractivity contribution in [2.45, 2.75) is 19.1 Å². The largest absolute Gasteiger partial charge is 0.508 e. The average molecular weight is 367 g/mol. The van der Waals surface area contributed by atoms with Crippen LogP contribution >= 0.6 is 0 Å². The van der Waals surface area contributed by atoms with Gasteiger partial charge in [0, 0.05) is 25.8 Å². The number of phenolic OH excluding ortho intramolecular Hbond substituents is 1. The molecule has 8 heteroatoms. The first-order valence-corrected chi connectivity index (χ1v) is 8.76. The third-order valence-electron chi connectivity index (χ3n) is 4.90. The maximum absolute atomic E-state index is 13.1. The highest BCUT2D eigenvalue weighted by atomic mass is 16.5. The molecule has 1 aliphatic heterocycles. The summed E-state index contributed by atoms with van der Waals surface area (Å²) < 4.78 is 5.43. The zero-order chi connectivity index (χ0) is 19.0. The van der Waals surface area contributed by atoms with Crippen molar-refractivity contribution in [1.29, 1.82) is 0 Å². The fourth-order valence-electron chi connectivity index (χ4n) is 3.44. The van der Waals surface area contributed by atoms with E-state index >= 15 is 0 Å². The Bertz CT molecular complexity index is 983. The van der Waals surface area contributed by atoms with E-state index in [4.69, 9.17) is 4.74 Å². The van der Waals surface area contributed by atoms with Crippen LogP contribution < -0.4 is 10.6 Å². The fourth-order valence-corrected chi connectivity index (χ4v) is 3.44. The molecule has 1 aromatic carbocycles. The van der Waals surface area contributed by atoms with Crippen LogP contribution in [0.5, 0.6) is 5.75 Å². The quantitative estimate of drug-likeness (QED) is 0.554. The number of aromatic nitrogens is 3. The second-order valence-electron chi connectivity index (χ2n) is 6.65. The van der Waals surface area contributed by atoms with E-state index in [2.05, 4.69) is 25.8 Å². The Balaban J connectivity index is 1.75. The molecule has 0 unspecified atom stereocenters. The van der Waals surface area contributed by atoms with Gasteiger partial charge in [0.15, 0.2) is 5.65 Å². The van der Waals surface area contributed by atoms with Gasteiger partial charge in [-0.15, -0.1) is 0 Å². The number of rotatable bonds is 4. The molecule has 1 saturated heterocycles. The van der Waals surface area contributed by atoms with E-state index < -0.39 is 0 Å². The van der Waals surface area contributed by atoms with Crippen LogP contribution in [0.25, 0.3) is 22.3 Å². The smallest absolute Gasteiger partial charge is 0.252 e. The second kappa shape index (κ2) is 6.98. The number of carbonyl (C=O) groups excluding carboxylic acids is 1. The summed E-state index contributed by atoms with van der Waals surface area (Å²) in [6.45, 7) is 3.21. The monoisotopic (exact) mass is 367 g/mol. The average Bonchev–Trinajstić information content (AvgIpc) is 3.28. The summed E-state index contributed by atoms with van der Waals surface area (Å²) in [5.74, 6) is -0.0165. The summed E-state index contributed by atoms with van der Waals surface area (Å²) in [5, 5.41) is 23.6. The molecule has 0 saturated carbocycles. The van der Waals surface area contributed by atoms with Crippen LogP contribution in [0.1, 0.15) is 16.1 Å². The topological polar surface area (TPSA) is 112 Å². The van der Waals surface area contributed by atoms with Crippen molar-refractivity contribution in [3.05, 3.63) is 41.6 Å². The molecule has 4 rings (SSSR count). The maximum Gasteiger partial charge on any atom is 0.252 e. The van der Waals surface area contributed by atoms with Crippen molar-refractivity contribution in [1.82, 2.24) is 25.8 Å². The highest BCUT2D eigenvalue weighted by Crippen LogP contribution is 2.27. The number of phenols is 1. The first-order chi connectivity index (χ1) is 13.1. The minimum atomic E-state index is -0.192. The Morgan fingerprint density at radius 2 is 2.07 bits per heavy atom. The third kappa shape index (κ3) is 3.24. The van der Waals surface area contributed by atoms with Gasteiger partial charge in [0.05, 0.1) is 34.5 Å². The number of H-pyrrole nitrogens is 1. The predicted molar refractivity (Wildman–Crippen MR) is 101 cm³/mol. The number of fused-ring (bicyclic) bond motifs is 1. The Hall–Kier alpha value is -2.97. The normalized spacial score (nSPS) is 19.5. The molecule has 3 aromatic rings. The third-order valence-corrected chi connectivity index (χ3v) is 4.90. The molecule has 4 N–H and O–H groups in total. The number of methoxy groups -OCH3 is 1. The molecule has 1 fully saturated rings. The molecule has 0 spiro atoms. The number of benzene rings is 1. The molecule has 0 radical (unpaired) electrons. The summed E-state index contributed by atoms with van der Waals surface area (Å²) in [5.41, 5.74) is 3.21. The van der Waals surface area contributed by atoms with Gasteiger partial charge in [-0.1, -0.05) is 0 Å². The van der Waals surface area contributed by atoms with Crippen molar-refractivity contribution in [3.8, 4) is 17.0 Å². The van der Waals surface area contributed by atoms with Crippen molar-refractivity contribution in [2.75, 3.05) is 20.2 Å². The molecule has 140 valence electrons. The first kappa shape index (κ1) is 17.4. The number of ether oxygens (including phenoxy) is 1. The van der Waals surface area contributed by atoms with Crippen molar-refractivity contribution in [3.63, 3.8) is 0 Å². The molecule has 8 nitrogen and oxygen atoms in total. The lowest BCUT2D eigenvalue weighted by Gasteiger charge is -2.19. The number of hydrogen-bond acceptors (Lipinski definition) is 6. The van der Waals surface area contributed by atoms with Crippen LogP contribution in [-0.4, -0.2) is 58.5 Å². The molecule has 0 aliphatic carbocycles. The standard InChI is InChI=1S/C19H21N5O3/c1-10-17-13(19(26)22-15-8-20-9-16(15)27-2)7-14(21-18(17)24-23-10)11-3-5-12(25)6-4-11/h3-7,15-16,20,25H,8-9H2,1-2H3,(H,22,26)(H,21,23,24)/t15-,16-/m0/s1. The van der Waals surface area contributed by atoms with E-state index in [1.807, 2.05) is 6.92 Å². The summed E-state index contributed by atoms with van der Waals surface area (Å²) in [6.07, 6.45) is -0.0618. The highest BCUT2D eigenvalue weighted by molar-refractivity contribution is 6.07. The number of aryl methyl sites for hydroxylation is 1. The van der Waals surface area contributed by atoms with Gasteiger partial charge in [-0.25, -0.2) is 4.98 Å². The molecule has 2 atom stereocenters. The van der Waals surface area contributed by atoms with E-state index in [0.717, 1.165) is 5.56 Å². The Morgan fingerprint density at radius 3 is 2.81 bits per heavy atom. The number of aromatic hydroxyl groups is 1. The minimum Gasteiger partial charge on any atom is -0.508 e. The zero-order valence-electron chi connectivity index (χ0n) is 15.1. The van der Waals surface area contributed by atoms with E-state index in [0.29, 0.717) is 41.1 Å².